The lowest BCUT2D eigenvalue weighted by Crippen LogP contribution is -2.35. The van der Waals surface area contributed by atoms with E-state index >= 15 is 0 Å². The second-order valence-electron chi connectivity index (χ2n) is 9.84. The van der Waals surface area contributed by atoms with Crippen LogP contribution in [0.2, 0.25) is 0 Å². The number of rotatable bonds is 12. The van der Waals surface area contributed by atoms with E-state index in [1.807, 2.05) is 0 Å². The van der Waals surface area contributed by atoms with Crippen molar-refractivity contribution in [3.8, 4) is 0 Å². The number of hydrogen-bond acceptors (Lipinski definition) is 5. The monoisotopic (exact) mass is 437 g/mol. The van der Waals surface area contributed by atoms with E-state index in [-0.39, 0.29) is 18.5 Å². The SMILES string of the molecule is COCCN(CCOC(=O)CC1CCC(CC2CCC(CC(C)=O)CC2)CC1)C(C)=O. The number of methoxy groups -OCH3 is 1. The Morgan fingerprint density at radius 1 is 0.742 bits per heavy atom. The highest BCUT2D eigenvalue weighted by Gasteiger charge is 2.28. The van der Waals surface area contributed by atoms with E-state index in [2.05, 4.69) is 0 Å². The summed E-state index contributed by atoms with van der Waals surface area (Å²) in [7, 11) is 1.61. The van der Waals surface area contributed by atoms with Gasteiger partial charge < -0.3 is 19.2 Å². The third-order valence-electron chi connectivity index (χ3n) is 7.27. The molecule has 178 valence electrons. The van der Waals surface area contributed by atoms with Gasteiger partial charge in [0.05, 0.1) is 13.2 Å². The molecule has 0 spiro atoms. The third kappa shape index (κ3) is 10.2. The van der Waals surface area contributed by atoms with Crippen LogP contribution >= 0.6 is 0 Å². The van der Waals surface area contributed by atoms with E-state index in [1.165, 1.54) is 51.9 Å². The number of hydrogen-bond donors (Lipinski definition) is 0. The van der Waals surface area contributed by atoms with Gasteiger partial charge in [-0.25, -0.2) is 0 Å². The molecule has 0 heterocycles. The smallest absolute Gasteiger partial charge is 0.306 e. The lowest BCUT2D eigenvalue weighted by atomic mass is 9.72. The number of carbonyl (C=O) groups excluding carboxylic acids is 3. The van der Waals surface area contributed by atoms with Gasteiger partial charge >= 0.3 is 5.97 Å². The van der Waals surface area contributed by atoms with E-state index in [0.29, 0.717) is 43.7 Å². The Morgan fingerprint density at radius 2 is 1.23 bits per heavy atom. The maximum absolute atomic E-state index is 12.2. The minimum Gasteiger partial charge on any atom is -0.464 e. The van der Waals surface area contributed by atoms with Crippen LogP contribution in [0.4, 0.5) is 0 Å². The van der Waals surface area contributed by atoms with E-state index in [1.54, 1.807) is 18.9 Å². The maximum atomic E-state index is 12.2. The number of carbonyl (C=O) groups is 3. The molecule has 31 heavy (non-hydrogen) atoms. The van der Waals surface area contributed by atoms with Crippen molar-refractivity contribution in [1.82, 2.24) is 4.90 Å². The predicted molar refractivity (Wildman–Crippen MR) is 121 cm³/mol. The predicted octanol–water partition coefficient (Wildman–Crippen LogP) is 4.40. The van der Waals surface area contributed by atoms with Crippen molar-refractivity contribution in [2.45, 2.75) is 84.5 Å². The van der Waals surface area contributed by atoms with Crippen molar-refractivity contribution < 1.29 is 23.9 Å². The Bertz CT molecular complexity index is 562. The second-order valence-corrected chi connectivity index (χ2v) is 9.84. The molecule has 0 unspecified atom stereocenters. The zero-order valence-electron chi connectivity index (χ0n) is 19.9. The molecule has 0 aromatic carbocycles. The highest BCUT2D eigenvalue weighted by Crippen LogP contribution is 2.39. The Balaban J connectivity index is 1.57. The Labute approximate surface area is 188 Å². The standard InChI is InChI=1S/C25H43NO5/c1-19(27)16-21-4-6-22(7-5-21)17-23-8-10-24(11-9-23)18-25(29)31-15-13-26(20(2)28)12-14-30-3/h21-24H,4-18H2,1-3H3. The largest absolute Gasteiger partial charge is 0.464 e. The summed E-state index contributed by atoms with van der Waals surface area (Å²) in [5.41, 5.74) is 0. The number of amides is 1. The molecule has 2 rings (SSSR count). The van der Waals surface area contributed by atoms with Crippen LogP contribution in [0.15, 0.2) is 0 Å². The molecule has 2 aliphatic carbocycles. The number of esters is 1. The molecular weight excluding hydrogens is 394 g/mol. The van der Waals surface area contributed by atoms with Crippen LogP contribution < -0.4 is 0 Å². The van der Waals surface area contributed by atoms with Gasteiger partial charge in [0.2, 0.25) is 5.91 Å². The molecule has 2 aliphatic rings. The summed E-state index contributed by atoms with van der Waals surface area (Å²) in [6.07, 6.45) is 12.3. The highest BCUT2D eigenvalue weighted by molar-refractivity contribution is 5.75. The van der Waals surface area contributed by atoms with E-state index in [9.17, 15) is 14.4 Å². The zero-order valence-corrected chi connectivity index (χ0v) is 19.9. The summed E-state index contributed by atoms with van der Waals surface area (Å²) in [4.78, 5) is 36.8. The first-order valence-electron chi connectivity index (χ1n) is 12.3. The van der Waals surface area contributed by atoms with E-state index in [0.717, 1.165) is 31.1 Å². The molecule has 6 heteroatoms. The summed E-state index contributed by atoms with van der Waals surface area (Å²) in [6, 6.07) is 0. The molecule has 0 aliphatic heterocycles. The van der Waals surface area contributed by atoms with E-state index < -0.39 is 0 Å². The fraction of sp³-hybridized carbons (Fsp3) is 0.880. The van der Waals surface area contributed by atoms with Crippen LogP contribution in [-0.2, 0) is 23.9 Å². The fourth-order valence-corrected chi connectivity index (χ4v) is 5.41. The van der Waals surface area contributed by atoms with Crippen LogP contribution in [-0.4, -0.2) is 56.0 Å². The zero-order chi connectivity index (χ0) is 22.6. The van der Waals surface area contributed by atoms with E-state index in [4.69, 9.17) is 9.47 Å². The van der Waals surface area contributed by atoms with Gasteiger partial charge in [-0.2, -0.15) is 0 Å². The first-order chi connectivity index (χ1) is 14.9. The first-order valence-corrected chi connectivity index (χ1v) is 12.3. The summed E-state index contributed by atoms with van der Waals surface area (Å²) in [5, 5.41) is 0. The lowest BCUT2D eigenvalue weighted by molar-refractivity contribution is -0.147. The molecule has 0 atom stereocenters. The minimum absolute atomic E-state index is 0.0289. The van der Waals surface area contributed by atoms with Gasteiger partial charge in [-0.3, -0.25) is 9.59 Å². The normalized spacial score (nSPS) is 26.3. The van der Waals surface area contributed by atoms with Crippen molar-refractivity contribution in [3.63, 3.8) is 0 Å². The van der Waals surface area contributed by atoms with Crippen LogP contribution in [0.3, 0.4) is 0 Å². The minimum atomic E-state index is -0.137. The topological polar surface area (TPSA) is 72.9 Å². The molecule has 0 saturated heterocycles. The number of ketones is 1. The second kappa shape index (κ2) is 13.9. The van der Waals surface area contributed by atoms with Crippen LogP contribution in [0.1, 0.15) is 84.5 Å². The van der Waals surface area contributed by atoms with Crippen LogP contribution in [0.25, 0.3) is 0 Å². The molecule has 1 amide bonds. The quantitative estimate of drug-likeness (QED) is 0.423. The molecule has 6 nitrogen and oxygen atoms in total. The number of nitrogens with zero attached hydrogens (tertiary/aromatic N) is 1. The van der Waals surface area contributed by atoms with Crippen LogP contribution in [0.5, 0.6) is 0 Å². The van der Waals surface area contributed by atoms with Gasteiger partial charge in [0.15, 0.2) is 0 Å². The molecule has 0 N–H and O–H groups in total. The van der Waals surface area contributed by atoms with Crippen molar-refractivity contribution in [3.05, 3.63) is 0 Å². The van der Waals surface area contributed by atoms with Gasteiger partial charge in [0, 0.05) is 33.4 Å². The van der Waals surface area contributed by atoms with Crippen LogP contribution in [0, 0.1) is 23.7 Å². The van der Waals surface area contributed by atoms with Gasteiger partial charge in [-0.1, -0.05) is 25.7 Å². The first kappa shape index (κ1) is 25.8. The summed E-state index contributed by atoms with van der Waals surface area (Å²) in [6.45, 7) is 4.91. The lowest BCUT2D eigenvalue weighted by Gasteiger charge is -2.34. The molecule has 0 aromatic heterocycles. The third-order valence-corrected chi connectivity index (χ3v) is 7.27. The molecule has 2 fully saturated rings. The van der Waals surface area contributed by atoms with Crippen molar-refractivity contribution >= 4 is 17.7 Å². The average Bonchev–Trinajstić information content (AvgIpc) is 2.73. The Hall–Kier alpha value is -1.43. The summed E-state index contributed by atoms with van der Waals surface area (Å²) >= 11 is 0. The fourth-order valence-electron chi connectivity index (χ4n) is 5.41. The maximum Gasteiger partial charge on any atom is 0.306 e. The van der Waals surface area contributed by atoms with Gasteiger partial charge in [0.1, 0.15) is 12.4 Å². The Kier molecular flexibility index (Phi) is 11.6. The summed E-state index contributed by atoms with van der Waals surface area (Å²) < 4.78 is 10.4. The molecule has 0 aromatic rings. The van der Waals surface area contributed by atoms with Gasteiger partial charge in [-0.05, 0) is 62.7 Å². The molecule has 2 saturated carbocycles. The van der Waals surface area contributed by atoms with Crippen molar-refractivity contribution in [2.75, 3.05) is 33.4 Å². The molecule has 0 radical (unpaired) electrons. The highest BCUT2D eigenvalue weighted by atomic mass is 16.5. The van der Waals surface area contributed by atoms with Crippen molar-refractivity contribution in [1.29, 1.82) is 0 Å². The molecule has 0 bridgehead atoms. The van der Waals surface area contributed by atoms with Crippen molar-refractivity contribution in [2.24, 2.45) is 23.7 Å². The summed E-state index contributed by atoms with van der Waals surface area (Å²) in [5.74, 6) is 2.86. The molecular formula is C25H43NO5. The van der Waals surface area contributed by atoms with Gasteiger partial charge in [-0.15, -0.1) is 0 Å². The van der Waals surface area contributed by atoms with Gasteiger partial charge in [0.25, 0.3) is 0 Å². The Morgan fingerprint density at radius 3 is 1.71 bits per heavy atom. The average molecular weight is 438 g/mol. The number of Topliss-reactive ketones (excluding diaryl/α,β-unsaturated/α-hetero) is 1. The number of ether oxygens (including phenoxy) is 2.